The summed E-state index contributed by atoms with van der Waals surface area (Å²) in [7, 11) is 0. The van der Waals surface area contributed by atoms with Crippen LogP contribution >= 0.6 is 0 Å². The Morgan fingerprint density at radius 1 is 1.35 bits per heavy atom. The maximum absolute atomic E-state index is 11.9. The van der Waals surface area contributed by atoms with Crippen LogP contribution in [0.4, 0.5) is 0 Å². The van der Waals surface area contributed by atoms with Crippen molar-refractivity contribution in [3.8, 4) is 0 Å². The molecule has 1 atom stereocenters. The molecule has 1 aliphatic carbocycles. The molecule has 5 nitrogen and oxygen atoms in total. The summed E-state index contributed by atoms with van der Waals surface area (Å²) >= 11 is 0. The summed E-state index contributed by atoms with van der Waals surface area (Å²) in [5, 5.41) is 3.31. The van der Waals surface area contributed by atoms with Crippen LogP contribution in [0.1, 0.15) is 40.0 Å². The Kier molecular flexibility index (Phi) is 7.48. The van der Waals surface area contributed by atoms with Crippen molar-refractivity contribution in [2.45, 2.75) is 45.6 Å². The van der Waals surface area contributed by atoms with E-state index in [0.717, 1.165) is 32.4 Å². The standard InChI is InChI=1S/C15H30N2O3/c1-4-7-17-15(14(16)18,13-5-6-13)11-20-9-8-19-10-12(2)3/h12-13,17H,4-11H2,1-3H3,(H2,16,18). The number of carbonyl (C=O) groups excluding carboxylic acids is 1. The second-order valence-corrected chi connectivity index (χ2v) is 6.06. The summed E-state index contributed by atoms with van der Waals surface area (Å²) in [5.74, 6) is 0.553. The third-order valence-corrected chi connectivity index (χ3v) is 3.56. The van der Waals surface area contributed by atoms with Gasteiger partial charge in [-0.3, -0.25) is 4.79 Å². The van der Waals surface area contributed by atoms with E-state index in [1.54, 1.807) is 0 Å². The third-order valence-electron chi connectivity index (χ3n) is 3.56. The van der Waals surface area contributed by atoms with E-state index in [4.69, 9.17) is 15.2 Å². The highest BCUT2D eigenvalue weighted by atomic mass is 16.5. The topological polar surface area (TPSA) is 73.6 Å². The van der Waals surface area contributed by atoms with Crippen LogP contribution in [0.25, 0.3) is 0 Å². The molecule has 0 bridgehead atoms. The van der Waals surface area contributed by atoms with E-state index in [1.807, 2.05) is 0 Å². The fourth-order valence-electron chi connectivity index (χ4n) is 2.27. The van der Waals surface area contributed by atoms with Gasteiger partial charge in [-0.15, -0.1) is 0 Å². The fourth-order valence-corrected chi connectivity index (χ4v) is 2.27. The van der Waals surface area contributed by atoms with Gasteiger partial charge in [0.05, 0.1) is 19.8 Å². The maximum Gasteiger partial charge on any atom is 0.240 e. The number of hydrogen-bond donors (Lipinski definition) is 2. The van der Waals surface area contributed by atoms with Gasteiger partial charge in [-0.1, -0.05) is 20.8 Å². The van der Waals surface area contributed by atoms with Crippen LogP contribution in [-0.2, 0) is 14.3 Å². The molecule has 0 aromatic heterocycles. The first-order chi connectivity index (χ1) is 9.53. The van der Waals surface area contributed by atoms with Gasteiger partial charge in [0.15, 0.2) is 0 Å². The Morgan fingerprint density at radius 3 is 2.50 bits per heavy atom. The van der Waals surface area contributed by atoms with Crippen LogP contribution in [0.3, 0.4) is 0 Å². The molecule has 1 amide bonds. The first-order valence-electron chi connectivity index (χ1n) is 7.73. The highest BCUT2D eigenvalue weighted by molar-refractivity contribution is 5.85. The number of hydrogen-bond acceptors (Lipinski definition) is 4. The van der Waals surface area contributed by atoms with Crippen molar-refractivity contribution in [3.05, 3.63) is 0 Å². The van der Waals surface area contributed by atoms with Gasteiger partial charge in [0.1, 0.15) is 5.54 Å². The zero-order chi connectivity index (χ0) is 15.0. The highest BCUT2D eigenvalue weighted by Crippen LogP contribution is 2.40. The van der Waals surface area contributed by atoms with E-state index < -0.39 is 5.54 Å². The molecule has 0 aliphatic heterocycles. The minimum atomic E-state index is -0.686. The molecule has 3 N–H and O–H groups in total. The van der Waals surface area contributed by atoms with Gasteiger partial charge < -0.3 is 20.5 Å². The Hall–Kier alpha value is -0.650. The minimum Gasteiger partial charge on any atom is -0.379 e. The number of amides is 1. The number of ether oxygens (including phenoxy) is 2. The second kappa shape index (κ2) is 8.60. The summed E-state index contributed by atoms with van der Waals surface area (Å²) in [5.41, 5.74) is 4.93. The van der Waals surface area contributed by atoms with Crippen molar-refractivity contribution in [2.75, 3.05) is 33.0 Å². The fraction of sp³-hybridized carbons (Fsp3) is 0.933. The Morgan fingerprint density at radius 2 is 2.00 bits per heavy atom. The number of nitrogens with two attached hydrogens (primary N) is 1. The normalized spacial score (nSPS) is 18.2. The zero-order valence-corrected chi connectivity index (χ0v) is 13.1. The van der Waals surface area contributed by atoms with E-state index >= 15 is 0 Å². The Balaban J connectivity index is 2.35. The van der Waals surface area contributed by atoms with Gasteiger partial charge in [0.25, 0.3) is 0 Å². The van der Waals surface area contributed by atoms with E-state index in [1.165, 1.54) is 0 Å². The average molecular weight is 286 g/mol. The van der Waals surface area contributed by atoms with Gasteiger partial charge in [-0.05, 0) is 37.6 Å². The smallest absolute Gasteiger partial charge is 0.240 e. The SMILES string of the molecule is CCCNC(COCCOCC(C)C)(C(N)=O)C1CC1. The highest BCUT2D eigenvalue weighted by Gasteiger charge is 2.49. The Labute approximate surface area is 122 Å². The Bertz CT molecular complexity index is 293. The first-order valence-corrected chi connectivity index (χ1v) is 7.73. The minimum absolute atomic E-state index is 0.295. The van der Waals surface area contributed by atoms with E-state index in [9.17, 15) is 4.79 Å². The number of carbonyl (C=O) groups is 1. The molecule has 1 saturated carbocycles. The lowest BCUT2D eigenvalue weighted by Gasteiger charge is -2.31. The molecule has 1 fully saturated rings. The van der Waals surface area contributed by atoms with Crippen LogP contribution in [0.15, 0.2) is 0 Å². The molecular formula is C15H30N2O3. The first kappa shape index (κ1) is 17.4. The lowest BCUT2D eigenvalue weighted by molar-refractivity contribution is -0.128. The summed E-state index contributed by atoms with van der Waals surface area (Å²) in [6.45, 7) is 9.23. The van der Waals surface area contributed by atoms with E-state index in [0.29, 0.717) is 31.7 Å². The molecule has 20 heavy (non-hydrogen) atoms. The van der Waals surface area contributed by atoms with Crippen LogP contribution in [0.2, 0.25) is 0 Å². The van der Waals surface area contributed by atoms with E-state index in [-0.39, 0.29) is 5.91 Å². The molecule has 0 aromatic rings. The largest absolute Gasteiger partial charge is 0.379 e. The summed E-state index contributed by atoms with van der Waals surface area (Å²) in [4.78, 5) is 11.9. The second-order valence-electron chi connectivity index (χ2n) is 6.06. The van der Waals surface area contributed by atoms with Crippen molar-refractivity contribution in [2.24, 2.45) is 17.6 Å². The van der Waals surface area contributed by atoms with Gasteiger partial charge in [0, 0.05) is 6.61 Å². The molecule has 118 valence electrons. The predicted molar refractivity (Wildman–Crippen MR) is 79.4 cm³/mol. The zero-order valence-electron chi connectivity index (χ0n) is 13.1. The van der Waals surface area contributed by atoms with Crippen molar-refractivity contribution >= 4 is 5.91 Å². The van der Waals surface area contributed by atoms with Crippen LogP contribution in [-0.4, -0.2) is 44.4 Å². The third kappa shape index (κ3) is 5.38. The molecule has 0 saturated heterocycles. The number of rotatable bonds is 12. The molecule has 0 aromatic carbocycles. The molecule has 1 aliphatic rings. The predicted octanol–water partition coefficient (Wildman–Crippen LogP) is 1.31. The quantitative estimate of drug-likeness (QED) is 0.531. The average Bonchev–Trinajstić information content (AvgIpc) is 3.21. The summed E-state index contributed by atoms with van der Waals surface area (Å²) in [6.07, 6.45) is 3.07. The monoisotopic (exact) mass is 286 g/mol. The van der Waals surface area contributed by atoms with Crippen LogP contribution in [0.5, 0.6) is 0 Å². The summed E-state index contributed by atoms with van der Waals surface area (Å²) in [6, 6.07) is 0. The molecule has 0 heterocycles. The lowest BCUT2D eigenvalue weighted by Crippen LogP contribution is -2.60. The van der Waals surface area contributed by atoms with Gasteiger partial charge in [0.2, 0.25) is 5.91 Å². The molecule has 0 spiro atoms. The van der Waals surface area contributed by atoms with Gasteiger partial charge in [-0.2, -0.15) is 0 Å². The molecule has 0 radical (unpaired) electrons. The molecule has 5 heteroatoms. The molecule has 1 unspecified atom stereocenters. The summed E-state index contributed by atoms with van der Waals surface area (Å²) < 4.78 is 11.1. The van der Waals surface area contributed by atoms with Crippen LogP contribution in [0, 0.1) is 11.8 Å². The van der Waals surface area contributed by atoms with Crippen molar-refractivity contribution in [3.63, 3.8) is 0 Å². The molecular weight excluding hydrogens is 256 g/mol. The lowest BCUT2D eigenvalue weighted by atomic mass is 9.93. The van der Waals surface area contributed by atoms with E-state index in [2.05, 4.69) is 26.1 Å². The van der Waals surface area contributed by atoms with Gasteiger partial charge >= 0.3 is 0 Å². The number of nitrogens with one attached hydrogen (secondary N) is 1. The maximum atomic E-state index is 11.9. The number of primary amides is 1. The van der Waals surface area contributed by atoms with Gasteiger partial charge in [-0.25, -0.2) is 0 Å². The van der Waals surface area contributed by atoms with Crippen LogP contribution < -0.4 is 11.1 Å². The van der Waals surface area contributed by atoms with Crippen molar-refractivity contribution in [1.82, 2.24) is 5.32 Å². The molecule has 1 rings (SSSR count). The van der Waals surface area contributed by atoms with Crippen molar-refractivity contribution in [1.29, 1.82) is 0 Å². The van der Waals surface area contributed by atoms with Crippen molar-refractivity contribution < 1.29 is 14.3 Å².